The number of likely N-dealkylation sites (N-methyl/N-ethyl adjacent to an activating group) is 1. The van der Waals surface area contributed by atoms with E-state index >= 15 is 0 Å². The summed E-state index contributed by atoms with van der Waals surface area (Å²) in [5.41, 5.74) is 3.48. The number of halogens is 2. The van der Waals surface area contributed by atoms with Crippen LogP contribution in [0, 0.1) is 12.7 Å². The van der Waals surface area contributed by atoms with Gasteiger partial charge in [0.2, 0.25) is 0 Å². The van der Waals surface area contributed by atoms with Crippen molar-refractivity contribution in [1.82, 2.24) is 5.32 Å². The Bertz CT molecular complexity index is 583. The summed E-state index contributed by atoms with van der Waals surface area (Å²) in [6, 6.07) is 13.0. The first-order chi connectivity index (χ1) is 9.61. The van der Waals surface area contributed by atoms with Gasteiger partial charge in [-0.05, 0) is 48.7 Å². The van der Waals surface area contributed by atoms with Crippen LogP contribution in [-0.4, -0.2) is 6.54 Å². The lowest BCUT2D eigenvalue weighted by molar-refractivity contribution is 0.546. The number of benzene rings is 2. The van der Waals surface area contributed by atoms with E-state index < -0.39 is 0 Å². The summed E-state index contributed by atoms with van der Waals surface area (Å²) in [5.74, 6) is -0.301. The Hall–Kier alpha value is -1.38. The second-order valence-corrected chi connectivity index (χ2v) is 5.31. The van der Waals surface area contributed by atoms with E-state index in [0.717, 1.165) is 18.5 Å². The third-order valence-corrected chi connectivity index (χ3v) is 3.80. The van der Waals surface area contributed by atoms with Crippen molar-refractivity contribution in [2.24, 2.45) is 0 Å². The molecule has 2 aromatic rings. The first-order valence-electron chi connectivity index (χ1n) is 6.84. The second kappa shape index (κ2) is 6.87. The first-order valence-corrected chi connectivity index (χ1v) is 7.22. The van der Waals surface area contributed by atoms with Crippen LogP contribution in [0.15, 0.2) is 42.5 Å². The molecule has 0 amide bonds. The van der Waals surface area contributed by atoms with Gasteiger partial charge in [-0.2, -0.15) is 0 Å². The Kier molecular flexibility index (Phi) is 5.16. The molecule has 0 bridgehead atoms. The number of aryl methyl sites for hydroxylation is 1. The molecule has 0 aromatic heterocycles. The molecule has 0 fully saturated rings. The molecule has 106 valence electrons. The zero-order chi connectivity index (χ0) is 14.5. The van der Waals surface area contributed by atoms with Crippen LogP contribution in [0.5, 0.6) is 0 Å². The smallest absolute Gasteiger partial charge is 0.124 e. The minimum Gasteiger partial charge on any atom is -0.310 e. The molecule has 1 nitrogen and oxygen atoms in total. The number of hydrogen-bond acceptors (Lipinski definition) is 1. The van der Waals surface area contributed by atoms with E-state index in [4.69, 9.17) is 11.6 Å². The molecular weight excluding hydrogens is 273 g/mol. The molecule has 1 N–H and O–H groups in total. The molecule has 2 aromatic carbocycles. The fourth-order valence-corrected chi connectivity index (χ4v) is 2.68. The quantitative estimate of drug-likeness (QED) is 0.843. The maximum Gasteiger partial charge on any atom is 0.124 e. The highest BCUT2D eigenvalue weighted by Gasteiger charge is 2.15. The average molecular weight is 292 g/mol. The highest BCUT2D eigenvalue weighted by atomic mass is 35.5. The van der Waals surface area contributed by atoms with Gasteiger partial charge in [0.25, 0.3) is 0 Å². The molecule has 0 saturated heterocycles. The lowest BCUT2D eigenvalue weighted by Crippen LogP contribution is -2.23. The maximum atomic E-state index is 13.2. The van der Waals surface area contributed by atoms with Crippen LogP contribution < -0.4 is 5.32 Å². The second-order valence-electron chi connectivity index (χ2n) is 4.91. The van der Waals surface area contributed by atoms with Gasteiger partial charge in [0.1, 0.15) is 5.82 Å². The molecule has 0 spiro atoms. The molecular formula is C17H19ClFN. The predicted octanol–water partition coefficient (Wildman–Crippen LogP) is 4.68. The Balaban J connectivity index is 2.29. The molecule has 3 heteroatoms. The number of nitrogens with one attached hydrogen (secondary N) is 1. The number of rotatable bonds is 5. The molecule has 1 atom stereocenters. The summed E-state index contributed by atoms with van der Waals surface area (Å²) in [6.45, 7) is 5.00. The Morgan fingerprint density at radius 1 is 1.20 bits per heavy atom. The predicted molar refractivity (Wildman–Crippen MR) is 82.7 cm³/mol. The van der Waals surface area contributed by atoms with Crippen LogP contribution in [0.25, 0.3) is 0 Å². The topological polar surface area (TPSA) is 12.0 Å². The highest BCUT2D eigenvalue weighted by molar-refractivity contribution is 6.31. The standard InChI is InChI=1S/C17H19ClFN/c1-3-20-17(10-13-7-5-4-6-12(13)2)15-9-8-14(19)11-16(15)18/h4-9,11,17,20H,3,10H2,1-2H3. The van der Waals surface area contributed by atoms with Crippen molar-refractivity contribution in [3.05, 3.63) is 70.0 Å². The van der Waals surface area contributed by atoms with Crippen LogP contribution in [-0.2, 0) is 6.42 Å². The minimum absolute atomic E-state index is 0.0919. The SMILES string of the molecule is CCNC(Cc1ccccc1C)c1ccc(F)cc1Cl. The van der Waals surface area contributed by atoms with E-state index in [1.165, 1.54) is 23.3 Å². The van der Waals surface area contributed by atoms with Crippen molar-refractivity contribution in [3.8, 4) is 0 Å². The van der Waals surface area contributed by atoms with Crippen molar-refractivity contribution < 1.29 is 4.39 Å². The summed E-state index contributed by atoms with van der Waals surface area (Å²) >= 11 is 6.19. The summed E-state index contributed by atoms with van der Waals surface area (Å²) in [5, 5.41) is 3.90. The highest BCUT2D eigenvalue weighted by Crippen LogP contribution is 2.27. The van der Waals surface area contributed by atoms with Gasteiger partial charge in [-0.1, -0.05) is 48.9 Å². The van der Waals surface area contributed by atoms with Gasteiger partial charge in [-0.3, -0.25) is 0 Å². The van der Waals surface area contributed by atoms with E-state index in [0.29, 0.717) is 5.02 Å². The van der Waals surface area contributed by atoms with Crippen LogP contribution in [0.3, 0.4) is 0 Å². The first kappa shape index (κ1) is 15.0. The molecule has 2 rings (SSSR count). The molecule has 0 aliphatic heterocycles. The third kappa shape index (κ3) is 3.59. The van der Waals surface area contributed by atoms with Crippen molar-refractivity contribution in [3.63, 3.8) is 0 Å². The molecule has 0 heterocycles. The molecule has 0 aliphatic carbocycles. The van der Waals surface area contributed by atoms with Crippen LogP contribution in [0.4, 0.5) is 4.39 Å². The van der Waals surface area contributed by atoms with Gasteiger partial charge in [0.15, 0.2) is 0 Å². The van der Waals surface area contributed by atoms with Crippen molar-refractivity contribution in [1.29, 1.82) is 0 Å². The van der Waals surface area contributed by atoms with Gasteiger partial charge in [-0.15, -0.1) is 0 Å². The Morgan fingerprint density at radius 3 is 2.60 bits per heavy atom. The maximum absolute atomic E-state index is 13.2. The van der Waals surface area contributed by atoms with Gasteiger partial charge >= 0.3 is 0 Å². The van der Waals surface area contributed by atoms with E-state index in [1.54, 1.807) is 6.07 Å². The van der Waals surface area contributed by atoms with E-state index in [9.17, 15) is 4.39 Å². The minimum atomic E-state index is -0.301. The lowest BCUT2D eigenvalue weighted by atomic mass is 9.96. The zero-order valence-corrected chi connectivity index (χ0v) is 12.5. The van der Waals surface area contributed by atoms with Crippen LogP contribution >= 0.6 is 11.6 Å². The Morgan fingerprint density at radius 2 is 1.95 bits per heavy atom. The summed E-state index contributed by atoms with van der Waals surface area (Å²) in [6.07, 6.45) is 0.839. The normalized spacial score (nSPS) is 12.4. The molecule has 1 unspecified atom stereocenters. The van der Waals surface area contributed by atoms with E-state index in [1.807, 2.05) is 12.1 Å². The largest absolute Gasteiger partial charge is 0.310 e. The van der Waals surface area contributed by atoms with Crippen molar-refractivity contribution in [2.45, 2.75) is 26.3 Å². The fraction of sp³-hybridized carbons (Fsp3) is 0.294. The van der Waals surface area contributed by atoms with Gasteiger partial charge in [-0.25, -0.2) is 4.39 Å². The average Bonchev–Trinajstić information content (AvgIpc) is 2.41. The third-order valence-electron chi connectivity index (χ3n) is 3.47. The van der Waals surface area contributed by atoms with Crippen LogP contribution in [0.2, 0.25) is 5.02 Å². The summed E-state index contributed by atoms with van der Waals surface area (Å²) in [4.78, 5) is 0. The molecule has 0 aliphatic rings. The molecule has 0 radical (unpaired) electrons. The Labute approximate surface area is 124 Å². The van der Waals surface area contributed by atoms with Gasteiger partial charge in [0, 0.05) is 11.1 Å². The van der Waals surface area contributed by atoms with Crippen molar-refractivity contribution >= 4 is 11.6 Å². The van der Waals surface area contributed by atoms with E-state index in [2.05, 4.69) is 31.3 Å². The molecule has 0 saturated carbocycles. The monoisotopic (exact) mass is 291 g/mol. The lowest BCUT2D eigenvalue weighted by Gasteiger charge is -2.20. The van der Waals surface area contributed by atoms with Crippen LogP contribution in [0.1, 0.15) is 29.7 Å². The summed E-state index contributed by atoms with van der Waals surface area (Å²) in [7, 11) is 0. The van der Waals surface area contributed by atoms with Crippen molar-refractivity contribution in [2.75, 3.05) is 6.54 Å². The molecule has 20 heavy (non-hydrogen) atoms. The summed E-state index contributed by atoms with van der Waals surface area (Å²) < 4.78 is 13.2. The van der Waals surface area contributed by atoms with Gasteiger partial charge < -0.3 is 5.32 Å². The number of hydrogen-bond donors (Lipinski definition) is 1. The fourth-order valence-electron chi connectivity index (χ4n) is 2.38. The van der Waals surface area contributed by atoms with E-state index in [-0.39, 0.29) is 11.9 Å². The zero-order valence-electron chi connectivity index (χ0n) is 11.8. The van der Waals surface area contributed by atoms with Gasteiger partial charge in [0.05, 0.1) is 0 Å².